The summed E-state index contributed by atoms with van der Waals surface area (Å²) in [5.74, 6) is 0.619. The summed E-state index contributed by atoms with van der Waals surface area (Å²) in [5, 5.41) is 3.92. The zero-order valence-corrected chi connectivity index (χ0v) is 14.9. The molecule has 24 heavy (non-hydrogen) atoms. The summed E-state index contributed by atoms with van der Waals surface area (Å²) in [4.78, 5) is 17.1. The molecule has 3 rings (SSSR count). The van der Waals surface area contributed by atoms with Crippen LogP contribution in [0.4, 0.5) is 5.13 Å². The molecule has 0 aliphatic heterocycles. The van der Waals surface area contributed by atoms with Crippen molar-refractivity contribution in [2.45, 2.75) is 20.8 Å². The van der Waals surface area contributed by atoms with Crippen LogP contribution in [-0.2, 0) is 0 Å². The summed E-state index contributed by atoms with van der Waals surface area (Å²) in [6.07, 6.45) is 0. The van der Waals surface area contributed by atoms with E-state index in [0.29, 0.717) is 17.9 Å². The van der Waals surface area contributed by atoms with Gasteiger partial charge in [-0.3, -0.25) is 4.79 Å². The maximum absolute atomic E-state index is 12.5. The second-order valence-corrected chi connectivity index (χ2v) is 6.61. The first kappa shape index (κ1) is 16.5. The van der Waals surface area contributed by atoms with Crippen molar-refractivity contribution in [3.8, 4) is 5.75 Å². The van der Waals surface area contributed by atoms with Crippen LogP contribution >= 0.6 is 11.3 Å². The number of nitrogens with one attached hydrogen (secondary N) is 1. The van der Waals surface area contributed by atoms with Crippen molar-refractivity contribution in [2.75, 3.05) is 18.5 Å². The molecule has 0 radical (unpaired) electrons. The number of aromatic nitrogens is 1. The average Bonchev–Trinajstić information content (AvgIpc) is 3.01. The monoisotopic (exact) mass is 340 g/mol. The Balaban J connectivity index is 1.76. The normalized spacial score (nSPS) is 10.8. The van der Waals surface area contributed by atoms with E-state index in [2.05, 4.69) is 36.3 Å². The molecule has 0 unspecified atom stereocenters. The number of carbonyl (C=O) groups excluding carboxylic acids is 1. The van der Waals surface area contributed by atoms with Crippen LogP contribution in [0, 0.1) is 13.8 Å². The van der Waals surface area contributed by atoms with Crippen LogP contribution in [0.3, 0.4) is 0 Å². The first-order valence-corrected chi connectivity index (χ1v) is 8.77. The maximum atomic E-state index is 12.5. The quantitative estimate of drug-likeness (QED) is 0.666. The van der Waals surface area contributed by atoms with Gasteiger partial charge in [-0.1, -0.05) is 29.5 Å². The van der Waals surface area contributed by atoms with Crippen LogP contribution < -0.4 is 10.1 Å². The van der Waals surface area contributed by atoms with E-state index >= 15 is 0 Å². The second kappa shape index (κ2) is 7.01. The van der Waals surface area contributed by atoms with Crippen LogP contribution in [0.1, 0.15) is 28.4 Å². The van der Waals surface area contributed by atoms with Crippen molar-refractivity contribution in [3.63, 3.8) is 0 Å². The molecule has 0 aliphatic rings. The van der Waals surface area contributed by atoms with E-state index in [1.807, 2.05) is 25.1 Å². The Kier molecular flexibility index (Phi) is 4.81. The summed E-state index contributed by atoms with van der Waals surface area (Å²) in [7, 11) is 0. The Morgan fingerprint density at radius 3 is 2.79 bits per heavy atom. The maximum Gasteiger partial charge on any atom is 0.185 e. The van der Waals surface area contributed by atoms with Gasteiger partial charge in [-0.15, -0.1) is 0 Å². The first-order valence-electron chi connectivity index (χ1n) is 7.95. The average molecular weight is 340 g/mol. The summed E-state index contributed by atoms with van der Waals surface area (Å²) >= 11 is 1.57. The van der Waals surface area contributed by atoms with Gasteiger partial charge < -0.3 is 10.1 Å². The van der Waals surface area contributed by atoms with Crippen LogP contribution in [0.25, 0.3) is 10.2 Å². The fourth-order valence-corrected chi connectivity index (χ4v) is 3.45. The number of rotatable bonds is 6. The van der Waals surface area contributed by atoms with Gasteiger partial charge in [0.25, 0.3) is 0 Å². The fraction of sp³-hybridized carbons (Fsp3) is 0.263. The van der Waals surface area contributed by atoms with Crippen molar-refractivity contribution < 1.29 is 9.53 Å². The Labute approximate surface area is 145 Å². The van der Waals surface area contributed by atoms with E-state index in [0.717, 1.165) is 15.3 Å². The number of ether oxygens (including phenoxy) is 1. The number of anilines is 1. The molecule has 0 amide bonds. The standard InChI is InChI=1S/C19H20N2O2S/c1-4-23-16-8-6-5-7-14(16)15(22)11-20-19-21-18-13(3)12(2)9-10-17(18)24-19/h5-10H,4,11H2,1-3H3,(H,20,21). The predicted molar refractivity (Wildman–Crippen MR) is 99.5 cm³/mol. The third-order valence-electron chi connectivity index (χ3n) is 3.97. The minimum Gasteiger partial charge on any atom is -0.493 e. The van der Waals surface area contributed by atoms with Crippen molar-refractivity contribution >= 4 is 32.5 Å². The zero-order valence-electron chi connectivity index (χ0n) is 14.1. The smallest absolute Gasteiger partial charge is 0.185 e. The highest BCUT2D eigenvalue weighted by Gasteiger charge is 2.13. The number of para-hydroxylation sites is 1. The number of Topliss-reactive ketones (excluding diaryl/α,β-unsaturated/α-hetero) is 1. The van der Waals surface area contributed by atoms with Crippen molar-refractivity contribution in [1.29, 1.82) is 0 Å². The lowest BCUT2D eigenvalue weighted by atomic mass is 10.1. The molecule has 0 atom stereocenters. The summed E-state index contributed by atoms with van der Waals surface area (Å²) in [5.41, 5.74) is 4.01. The van der Waals surface area contributed by atoms with E-state index in [-0.39, 0.29) is 12.3 Å². The molecule has 1 heterocycles. The molecule has 0 saturated carbocycles. The lowest BCUT2D eigenvalue weighted by Gasteiger charge is -2.09. The van der Waals surface area contributed by atoms with Gasteiger partial charge in [0.1, 0.15) is 5.75 Å². The first-order chi connectivity index (χ1) is 11.6. The van der Waals surface area contributed by atoms with E-state index in [4.69, 9.17) is 4.74 Å². The van der Waals surface area contributed by atoms with Crippen LogP contribution in [0.5, 0.6) is 5.75 Å². The third kappa shape index (κ3) is 3.26. The zero-order chi connectivity index (χ0) is 17.1. The van der Waals surface area contributed by atoms with Gasteiger partial charge in [-0.25, -0.2) is 4.98 Å². The van der Waals surface area contributed by atoms with E-state index in [1.165, 1.54) is 11.1 Å². The Morgan fingerprint density at radius 1 is 1.21 bits per heavy atom. The molecule has 124 valence electrons. The molecule has 4 nitrogen and oxygen atoms in total. The Bertz CT molecular complexity index is 886. The number of benzene rings is 2. The van der Waals surface area contributed by atoms with Crippen LogP contribution in [-0.4, -0.2) is 23.9 Å². The van der Waals surface area contributed by atoms with E-state index in [9.17, 15) is 4.79 Å². The van der Waals surface area contributed by atoms with Crippen LogP contribution in [0.2, 0.25) is 0 Å². The highest BCUT2D eigenvalue weighted by molar-refractivity contribution is 7.22. The lowest BCUT2D eigenvalue weighted by molar-refractivity contribution is 0.100. The summed E-state index contributed by atoms with van der Waals surface area (Å²) in [6.45, 7) is 6.79. The number of nitrogens with zero attached hydrogens (tertiary/aromatic N) is 1. The van der Waals surface area contributed by atoms with E-state index in [1.54, 1.807) is 17.4 Å². The Morgan fingerprint density at radius 2 is 2.00 bits per heavy atom. The summed E-state index contributed by atoms with van der Waals surface area (Å²) in [6, 6.07) is 11.5. The molecule has 1 aromatic heterocycles. The van der Waals surface area contributed by atoms with Gasteiger partial charge in [-0.2, -0.15) is 0 Å². The number of thiazole rings is 1. The number of fused-ring (bicyclic) bond motifs is 1. The fourth-order valence-electron chi connectivity index (χ4n) is 2.53. The van der Waals surface area contributed by atoms with Gasteiger partial charge in [-0.05, 0) is 50.1 Å². The van der Waals surface area contributed by atoms with Crippen LogP contribution in [0.15, 0.2) is 36.4 Å². The van der Waals surface area contributed by atoms with Gasteiger partial charge in [0.05, 0.1) is 28.9 Å². The molecule has 0 spiro atoms. The molecule has 1 N–H and O–H groups in total. The topological polar surface area (TPSA) is 51.2 Å². The van der Waals surface area contributed by atoms with E-state index < -0.39 is 0 Å². The number of aryl methyl sites for hydroxylation is 2. The number of carbonyl (C=O) groups is 1. The van der Waals surface area contributed by atoms with Crippen molar-refractivity contribution in [2.24, 2.45) is 0 Å². The molecule has 3 aromatic rings. The molecule has 0 saturated heterocycles. The Hall–Kier alpha value is -2.40. The van der Waals surface area contributed by atoms with Gasteiger partial charge in [0, 0.05) is 0 Å². The molecule has 0 fully saturated rings. The molecule has 2 aromatic carbocycles. The second-order valence-electron chi connectivity index (χ2n) is 5.58. The van der Waals surface area contributed by atoms with Gasteiger partial charge in [0.2, 0.25) is 0 Å². The number of hydrogen-bond acceptors (Lipinski definition) is 5. The molecule has 5 heteroatoms. The minimum atomic E-state index is -0.00814. The van der Waals surface area contributed by atoms with Crippen molar-refractivity contribution in [1.82, 2.24) is 4.98 Å². The number of ketones is 1. The van der Waals surface area contributed by atoms with Gasteiger partial charge >= 0.3 is 0 Å². The van der Waals surface area contributed by atoms with Gasteiger partial charge in [0.15, 0.2) is 10.9 Å². The lowest BCUT2D eigenvalue weighted by Crippen LogP contribution is -2.15. The highest BCUT2D eigenvalue weighted by atomic mass is 32.1. The SMILES string of the molecule is CCOc1ccccc1C(=O)CNc1nc2c(C)c(C)ccc2s1. The van der Waals surface area contributed by atoms with Crippen molar-refractivity contribution in [3.05, 3.63) is 53.1 Å². The largest absolute Gasteiger partial charge is 0.493 e. The minimum absolute atomic E-state index is 0.00814. The summed E-state index contributed by atoms with van der Waals surface area (Å²) < 4.78 is 6.65. The predicted octanol–water partition coefficient (Wildman–Crippen LogP) is 4.61. The number of hydrogen-bond donors (Lipinski definition) is 1. The molecular formula is C19H20N2O2S. The third-order valence-corrected chi connectivity index (χ3v) is 4.95. The highest BCUT2D eigenvalue weighted by Crippen LogP contribution is 2.29. The molecule has 0 aliphatic carbocycles. The molecular weight excluding hydrogens is 320 g/mol. The molecule has 0 bridgehead atoms.